The maximum absolute atomic E-state index is 12.6. The fraction of sp³-hybridized carbons (Fsp3) is 0.619. The highest BCUT2D eigenvalue weighted by molar-refractivity contribution is 7.90. The van der Waals surface area contributed by atoms with Crippen LogP contribution in [0.5, 0.6) is 0 Å². The van der Waals surface area contributed by atoms with Crippen LogP contribution in [0.25, 0.3) is 0 Å². The molecular weight excluding hydrogens is 390 g/mol. The average Bonchev–Trinajstić information content (AvgIpc) is 3.07. The van der Waals surface area contributed by atoms with Crippen LogP contribution in [0, 0.1) is 5.92 Å². The first-order valence-electron chi connectivity index (χ1n) is 10.3. The Bertz CT molecular complexity index is 851. The lowest BCUT2D eigenvalue weighted by Crippen LogP contribution is -2.46. The number of amides is 2. The van der Waals surface area contributed by atoms with Crippen LogP contribution < -0.4 is 14.9 Å². The molecule has 0 spiro atoms. The van der Waals surface area contributed by atoms with Crippen molar-refractivity contribution in [1.82, 2.24) is 4.72 Å². The van der Waals surface area contributed by atoms with E-state index >= 15 is 0 Å². The highest BCUT2D eigenvalue weighted by Crippen LogP contribution is 2.28. The SMILES string of the molecule is CC(C)(C)S(=O)(=O)NC1CCC(C(=O)Nc2ccc(N3CCCC3=O)cc2)CC1. The maximum atomic E-state index is 12.6. The summed E-state index contributed by atoms with van der Waals surface area (Å²) in [6, 6.07) is 7.25. The van der Waals surface area contributed by atoms with Crippen LogP contribution in [0.4, 0.5) is 11.4 Å². The van der Waals surface area contributed by atoms with E-state index < -0.39 is 14.8 Å². The zero-order valence-electron chi connectivity index (χ0n) is 17.4. The van der Waals surface area contributed by atoms with Gasteiger partial charge in [0.15, 0.2) is 0 Å². The second-order valence-electron chi connectivity index (χ2n) is 8.97. The Balaban J connectivity index is 1.50. The number of hydrogen-bond acceptors (Lipinski definition) is 4. The first-order chi connectivity index (χ1) is 13.6. The molecular formula is C21H31N3O4S. The second kappa shape index (κ2) is 8.44. The van der Waals surface area contributed by atoms with Crippen molar-refractivity contribution in [2.75, 3.05) is 16.8 Å². The van der Waals surface area contributed by atoms with Crippen molar-refractivity contribution < 1.29 is 18.0 Å². The van der Waals surface area contributed by atoms with Crippen LogP contribution in [-0.2, 0) is 19.6 Å². The van der Waals surface area contributed by atoms with Crippen molar-refractivity contribution >= 4 is 33.2 Å². The number of nitrogens with zero attached hydrogens (tertiary/aromatic N) is 1. The third kappa shape index (κ3) is 5.17. The number of carbonyl (C=O) groups excluding carboxylic acids is 2. The fourth-order valence-corrected chi connectivity index (χ4v) is 4.79. The van der Waals surface area contributed by atoms with Crippen LogP contribution >= 0.6 is 0 Å². The smallest absolute Gasteiger partial charge is 0.227 e. The van der Waals surface area contributed by atoms with Gasteiger partial charge in [-0.1, -0.05) is 0 Å². The van der Waals surface area contributed by atoms with Gasteiger partial charge in [-0.05, 0) is 77.1 Å². The number of sulfonamides is 1. The van der Waals surface area contributed by atoms with Crippen LogP contribution in [0.2, 0.25) is 0 Å². The summed E-state index contributed by atoms with van der Waals surface area (Å²) in [6.45, 7) is 5.78. The Morgan fingerprint density at radius 1 is 1.07 bits per heavy atom. The van der Waals surface area contributed by atoms with E-state index in [2.05, 4.69) is 10.0 Å². The molecule has 2 fully saturated rings. The van der Waals surface area contributed by atoms with E-state index in [1.54, 1.807) is 25.7 Å². The molecule has 1 saturated carbocycles. The van der Waals surface area contributed by atoms with Crippen molar-refractivity contribution in [3.63, 3.8) is 0 Å². The molecule has 1 aromatic rings. The van der Waals surface area contributed by atoms with Crippen LogP contribution in [0.1, 0.15) is 59.3 Å². The summed E-state index contributed by atoms with van der Waals surface area (Å²) in [4.78, 5) is 26.2. The predicted molar refractivity (Wildman–Crippen MR) is 114 cm³/mol. The van der Waals surface area contributed by atoms with Gasteiger partial charge in [0.2, 0.25) is 21.8 Å². The highest BCUT2D eigenvalue weighted by atomic mass is 32.2. The van der Waals surface area contributed by atoms with Gasteiger partial charge in [0.05, 0.1) is 4.75 Å². The van der Waals surface area contributed by atoms with E-state index in [-0.39, 0.29) is 23.8 Å². The predicted octanol–water partition coefficient (Wildman–Crippen LogP) is 3.03. The van der Waals surface area contributed by atoms with Gasteiger partial charge in [-0.25, -0.2) is 13.1 Å². The van der Waals surface area contributed by atoms with E-state index in [1.807, 2.05) is 24.3 Å². The number of carbonyl (C=O) groups is 2. The minimum atomic E-state index is -3.38. The molecule has 1 saturated heterocycles. The Labute approximate surface area is 173 Å². The zero-order chi connectivity index (χ0) is 21.2. The molecule has 2 N–H and O–H groups in total. The quantitative estimate of drug-likeness (QED) is 0.764. The van der Waals surface area contributed by atoms with Crippen molar-refractivity contribution in [3.8, 4) is 0 Å². The lowest BCUT2D eigenvalue weighted by Gasteiger charge is -2.30. The molecule has 1 aromatic carbocycles. The molecule has 1 aliphatic carbocycles. The van der Waals surface area contributed by atoms with Gasteiger partial charge in [0, 0.05) is 36.3 Å². The molecule has 1 heterocycles. The number of nitrogens with one attached hydrogen (secondary N) is 2. The van der Waals surface area contributed by atoms with Gasteiger partial charge >= 0.3 is 0 Å². The van der Waals surface area contributed by atoms with Gasteiger partial charge in [-0.3, -0.25) is 9.59 Å². The monoisotopic (exact) mass is 421 g/mol. The molecule has 0 unspecified atom stereocenters. The average molecular weight is 422 g/mol. The summed E-state index contributed by atoms with van der Waals surface area (Å²) < 4.78 is 26.6. The maximum Gasteiger partial charge on any atom is 0.227 e. The summed E-state index contributed by atoms with van der Waals surface area (Å²) in [5, 5.41) is 2.95. The lowest BCUT2D eigenvalue weighted by molar-refractivity contribution is -0.121. The lowest BCUT2D eigenvalue weighted by atomic mass is 9.86. The van der Waals surface area contributed by atoms with Crippen molar-refractivity contribution in [2.45, 2.75) is 70.1 Å². The minimum Gasteiger partial charge on any atom is -0.326 e. The minimum absolute atomic E-state index is 0.0351. The molecule has 2 amide bonds. The Morgan fingerprint density at radius 3 is 2.21 bits per heavy atom. The van der Waals surface area contributed by atoms with Gasteiger partial charge in [0.25, 0.3) is 0 Å². The molecule has 0 aromatic heterocycles. The molecule has 7 nitrogen and oxygen atoms in total. The fourth-order valence-electron chi connectivity index (χ4n) is 3.76. The van der Waals surface area contributed by atoms with Gasteiger partial charge in [0.1, 0.15) is 0 Å². The molecule has 2 aliphatic rings. The summed E-state index contributed by atoms with van der Waals surface area (Å²) in [5.41, 5.74) is 1.57. The third-order valence-corrected chi connectivity index (χ3v) is 8.00. The Morgan fingerprint density at radius 2 is 1.69 bits per heavy atom. The molecule has 0 bridgehead atoms. The number of rotatable bonds is 5. The summed E-state index contributed by atoms with van der Waals surface area (Å²) in [5.74, 6) is -0.0158. The van der Waals surface area contributed by atoms with E-state index in [1.165, 1.54) is 0 Å². The zero-order valence-corrected chi connectivity index (χ0v) is 18.2. The molecule has 0 atom stereocenters. The van der Waals surface area contributed by atoms with Gasteiger partial charge in [-0.15, -0.1) is 0 Å². The standard InChI is InChI=1S/C21H31N3O4S/c1-21(2,3)29(27,28)23-17-8-6-15(7-9-17)20(26)22-16-10-12-18(13-11-16)24-14-4-5-19(24)25/h10-13,15,17,23H,4-9,14H2,1-3H3,(H,22,26). The van der Waals surface area contributed by atoms with Crippen molar-refractivity contribution in [3.05, 3.63) is 24.3 Å². The Kier molecular flexibility index (Phi) is 6.33. The van der Waals surface area contributed by atoms with E-state index in [4.69, 9.17) is 0 Å². The highest BCUT2D eigenvalue weighted by Gasteiger charge is 2.34. The van der Waals surface area contributed by atoms with Crippen molar-refractivity contribution in [1.29, 1.82) is 0 Å². The molecule has 0 radical (unpaired) electrons. The van der Waals surface area contributed by atoms with Gasteiger partial charge < -0.3 is 10.2 Å². The molecule has 160 valence electrons. The number of benzene rings is 1. The van der Waals surface area contributed by atoms with Gasteiger partial charge in [-0.2, -0.15) is 0 Å². The molecule has 1 aliphatic heterocycles. The van der Waals surface area contributed by atoms with E-state index in [9.17, 15) is 18.0 Å². The van der Waals surface area contributed by atoms with Crippen molar-refractivity contribution in [2.24, 2.45) is 5.92 Å². The third-order valence-electron chi connectivity index (χ3n) is 5.75. The van der Waals surface area contributed by atoms with E-state index in [0.717, 1.165) is 18.7 Å². The second-order valence-corrected chi connectivity index (χ2v) is 11.4. The number of hydrogen-bond donors (Lipinski definition) is 2. The Hall–Kier alpha value is -1.93. The summed E-state index contributed by atoms with van der Waals surface area (Å²) in [6.07, 6.45) is 4.10. The summed E-state index contributed by atoms with van der Waals surface area (Å²) >= 11 is 0. The topological polar surface area (TPSA) is 95.6 Å². The first kappa shape index (κ1) is 21.8. The van der Waals surface area contributed by atoms with Crippen LogP contribution in [0.3, 0.4) is 0 Å². The normalized spacial score (nSPS) is 23.3. The van der Waals surface area contributed by atoms with Crippen LogP contribution in [0.15, 0.2) is 24.3 Å². The number of anilines is 2. The largest absolute Gasteiger partial charge is 0.326 e. The first-order valence-corrected chi connectivity index (χ1v) is 11.8. The molecule has 29 heavy (non-hydrogen) atoms. The molecule has 8 heteroatoms. The van der Waals surface area contributed by atoms with Crippen LogP contribution in [-0.4, -0.2) is 37.6 Å². The summed E-state index contributed by atoms with van der Waals surface area (Å²) in [7, 11) is -3.38. The molecule has 3 rings (SSSR count). The van der Waals surface area contributed by atoms with E-state index in [0.29, 0.717) is 37.8 Å².